The van der Waals surface area contributed by atoms with Crippen LogP contribution >= 0.6 is 0 Å². The number of hydrogen-bond acceptors (Lipinski definition) is 7. The smallest absolute Gasteiger partial charge is 0.244 e. The van der Waals surface area contributed by atoms with Crippen LogP contribution in [-0.2, 0) is 32.6 Å². The zero-order valence-corrected chi connectivity index (χ0v) is 25.7. The second-order valence-electron chi connectivity index (χ2n) is 10.0. The first-order valence-corrected chi connectivity index (χ1v) is 15.3. The van der Waals surface area contributed by atoms with Gasteiger partial charge in [0, 0.05) is 25.1 Å². The van der Waals surface area contributed by atoms with E-state index in [-0.39, 0.29) is 36.4 Å². The Bertz CT molecular complexity index is 1460. The largest absolute Gasteiger partial charge is 0.497 e. The third kappa shape index (κ3) is 8.62. The molecule has 0 aliphatic carbocycles. The summed E-state index contributed by atoms with van der Waals surface area (Å²) >= 11 is 0. The number of methoxy groups -OCH3 is 3. The summed E-state index contributed by atoms with van der Waals surface area (Å²) in [5.74, 6) is 0.347. The van der Waals surface area contributed by atoms with Gasteiger partial charge < -0.3 is 24.4 Å². The molecule has 3 aromatic carbocycles. The van der Waals surface area contributed by atoms with Gasteiger partial charge in [0.05, 0.1) is 33.3 Å². The van der Waals surface area contributed by atoms with E-state index < -0.39 is 28.5 Å². The summed E-state index contributed by atoms with van der Waals surface area (Å²) in [6, 6.07) is 20.1. The molecule has 0 fully saturated rings. The van der Waals surface area contributed by atoms with E-state index in [2.05, 4.69) is 5.32 Å². The van der Waals surface area contributed by atoms with Gasteiger partial charge in [0.15, 0.2) is 0 Å². The van der Waals surface area contributed by atoms with Gasteiger partial charge in [0.2, 0.25) is 21.8 Å². The van der Waals surface area contributed by atoms with Gasteiger partial charge in [-0.1, -0.05) is 42.5 Å². The standard InChI is InChI=1S/C31H39N3O7S/c1-22(2)32-31(36)28(18-23-11-8-7-9-12-23)33(20-24-13-10-14-25(17-24)39-3)30(35)21-34(42(6,37)38)27-16-15-26(40-4)19-29(27)41-5/h7-17,19,22,28H,18,20-21H2,1-6H3,(H,32,36)/t28-/m1/s1. The lowest BCUT2D eigenvalue weighted by Crippen LogP contribution is -2.54. The van der Waals surface area contributed by atoms with Crippen LogP contribution < -0.4 is 23.8 Å². The number of anilines is 1. The van der Waals surface area contributed by atoms with Crippen molar-refractivity contribution in [2.24, 2.45) is 0 Å². The quantitative estimate of drug-likeness (QED) is 0.302. The molecule has 42 heavy (non-hydrogen) atoms. The Hall–Kier alpha value is -4.25. The van der Waals surface area contributed by atoms with Crippen molar-refractivity contribution >= 4 is 27.5 Å². The fourth-order valence-corrected chi connectivity index (χ4v) is 5.34. The lowest BCUT2D eigenvalue weighted by molar-refractivity contribution is -0.140. The second kappa shape index (κ2) is 14.6. The SMILES string of the molecule is COc1cccc(CN(C(=O)CN(c2ccc(OC)cc2OC)S(C)(=O)=O)[C@H](Cc2ccccc2)C(=O)NC(C)C)c1. The van der Waals surface area contributed by atoms with Crippen molar-refractivity contribution in [3.8, 4) is 17.2 Å². The molecule has 0 aliphatic rings. The van der Waals surface area contributed by atoms with Gasteiger partial charge >= 0.3 is 0 Å². The number of hydrogen-bond donors (Lipinski definition) is 1. The summed E-state index contributed by atoms with van der Waals surface area (Å²) < 4.78 is 43.2. The molecule has 0 saturated carbocycles. The van der Waals surface area contributed by atoms with E-state index in [9.17, 15) is 18.0 Å². The highest BCUT2D eigenvalue weighted by Crippen LogP contribution is 2.34. The molecule has 11 heteroatoms. The number of rotatable bonds is 14. The van der Waals surface area contributed by atoms with Crippen LogP contribution in [-0.4, -0.2) is 71.3 Å². The fourth-order valence-electron chi connectivity index (χ4n) is 4.49. The number of carbonyl (C=O) groups is 2. The van der Waals surface area contributed by atoms with Gasteiger partial charge in [-0.2, -0.15) is 0 Å². The van der Waals surface area contributed by atoms with Crippen LogP contribution in [0, 0.1) is 0 Å². The van der Waals surface area contributed by atoms with Crippen LogP contribution in [0.2, 0.25) is 0 Å². The molecule has 0 heterocycles. The van der Waals surface area contributed by atoms with Gasteiger partial charge in [-0.3, -0.25) is 13.9 Å². The van der Waals surface area contributed by atoms with Crippen LogP contribution in [0.25, 0.3) is 0 Å². The predicted molar refractivity (Wildman–Crippen MR) is 162 cm³/mol. The highest BCUT2D eigenvalue weighted by Gasteiger charge is 2.34. The van der Waals surface area contributed by atoms with Crippen molar-refractivity contribution < 1.29 is 32.2 Å². The molecule has 0 radical (unpaired) electrons. The van der Waals surface area contributed by atoms with Crippen LogP contribution in [0.3, 0.4) is 0 Å². The molecule has 0 bridgehead atoms. The summed E-state index contributed by atoms with van der Waals surface area (Å²) in [6.45, 7) is 3.15. The van der Waals surface area contributed by atoms with Gasteiger partial charge in [-0.25, -0.2) is 8.42 Å². The number of amides is 2. The van der Waals surface area contributed by atoms with Gasteiger partial charge in [-0.05, 0) is 49.2 Å². The van der Waals surface area contributed by atoms with Crippen molar-refractivity contribution in [1.29, 1.82) is 0 Å². The molecular weight excluding hydrogens is 558 g/mol. The Morgan fingerprint density at radius 3 is 2.07 bits per heavy atom. The first kappa shape index (κ1) is 32.3. The maximum Gasteiger partial charge on any atom is 0.244 e. The number of nitrogens with one attached hydrogen (secondary N) is 1. The fraction of sp³-hybridized carbons (Fsp3) is 0.355. The molecule has 10 nitrogen and oxygen atoms in total. The van der Waals surface area contributed by atoms with Crippen molar-refractivity contribution in [1.82, 2.24) is 10.2 Å². The van der Waals surface area contributed by atoms with E-state index in [0.29, 0.717) is 17.1 Å². The minimum absolute atomic E-state index is 0.0381. The summed E-state index contributed by atoms with van der Waals surface area (Å²) in [5, 5.41) is 2.93. The summed E-state index contributed by atoms with van der Waals surface area (Å²) in [5.41, 5.74) is 1.73. The Morgan fingerprint density at radius 2 is 1.48 bits per heavy atom. The number of benzene rings is 3. The zero-order valence-electron chi connectivity index (χ0n) is 24.9. The summed E-state index contributed by atoms with van der Waals surface area (Å²) in [6.07, 6.45) is 1.24. The molecule has 3 aromatic rings. The lowest BCUT2D eigenvalue weighted by atomic mass is 10.0. The molecule has 0 aromatic heterocycles. The minimum Gasteiger partial charge on any atom is -0.497 e. The molecule has 2 amide bonds. The third-order valence-corrected chi connectivity index (χ3v) is 7.65. The molecule has 0 aliphatic heterocycles. The minimum atomic E-state index is -3.96. The normalized spacial score (nSPS) is 11.9. The third-order valence-electron chi connectivity index (χ3n) is 6.52. The molecule has 0 spiro atoms. The van der Waals surface area contributed by atoms with E-state index >= 15 is 0 Å². The molecule has 3 rings (SSSR count). The Morgan fingerprint density at radius 1 is 0.833 bits per heavy atom. The van der Waals surface area contributed by atoms with Crippen molar-refractivity contribution in [3.63, 3.8) is 0 Å². The van der Waals surface area contributed by atoms with E-state index in [1.807, 2.05) is 50.2 Å². The van der Waals surface area contributed by atoms with Crippen molar-refractivity contribution in [2.45, 2.75) is 38.9 Å². The first-order chi connectivity index (χ1) is 20.0. The molecule has 1 N–H and O–H groups in total. The maximum absolute atomic E-state index is 14.2. The second-order valence-corrected chi connectivity index (χ2v) is 12.0. The van der Waals surface area contributed by atoms with Crippen LogP contribution in [0.5, 0.6) is 17.2 Å². The molecule has 1 atom stereocenters. The van der Waals surface area contributed by atoms with Gasteiger partial charge in [0.25, 0.3) is 0 Å². The average molecular weight is 598 g/mol. The summed E-state index contributed by atoms with van der Waals surface area (Å²) in [7, 11) is 0.471. The monoisotopic (exact) mass is 597 g/mol. The zero-order chi connectivity index (χ0) is 30.9. The van der Waals surface area contributed by atoms with E-state index in [4.69, 9.17) is 14.2 Å². The van der Waals surface area contributed by atoms with E-state index in [1.54, 1.807) is 37.4 Å². The van der Waals surface area contributed by atoms with Gasteiger partial charge in [-0.15, -0.1) is 0 Å². The highest BCUT2D eigenvalue weighted by molar-refractivity contribution is 7.92. The van der Waals surface area contributed by atoms with Crippen molar-refractivity contribution in [2.75, 3.05) is 38.4 Å². The van der Waals surface area contributed by atoms with Crippen molar-refractivity contribution in [3.05, 3.63) is 83.9 Å². The molecule has 226 valence electrons. The van der Waals surface area contributed by atoms with E-state index in [1.165, 1.54) is 25.2 Å². The molecule has 0 unspecified atom stereocenters. The Balaban J connectivity index is 2.11. The number of nitrogens with zero attached hydrogens (tertiary/aromatic N) is 2. The number of carbonyl (C=O) groups excluding carboxylic acids is 2. The van der Waals surface area contributed by atoms with Crippen LogP contribution in [0.15, 0.2) is 72.8 Å². The molecule has 0 saturated heterocycles. The maximum atomic E-state index is 14.2. The highest BCUT2D eigenvalue weighted by atomic mass is 32.2. The molecular formula is C31H39N3O7S. The summed E-state index contributed by atoms with van der Waals surface area (Å²) in [4.78, 5) is 29.3. The predicted octanol–water partition coefficient (Wildman–Crippen LogP) is 3.64. The Labute approximate surface area is 248 Å². The number of ether oxygens (including phenoxy) is 3. The van der Waals surface area contributed by atoms with Gasteiger partial charge in [0.1, 0.15) is 29.8 Å². The average Bonchev–Trinajstić information content (AvgIpc) is 2.96. The van der Waals surface area contributed by atoms with Crippen LogP contribution in [0.1, 0.15) is 25.0 Å². The Kier molecular flexibility index (Phi) is 11.2. The first-order valence-electron chi connectivity index (χ1n) is 13.4. The lowest BCUT2D eigenvalue weighted by Gasteiger charge is -2.34. The number of sulfonamides is 1. The topological polar surface area (TPSA) is 114 Å². The van der Waals surface area contributed by atoms with E-state index in [0.717, 1.165) is 16.1 Å². The van der Waals surface area contributed by atoms with Crippen LogP contribution in [0.4, 0.5) is 5.69 Å².